The molecule has 0 amide bonds. The minimum atomic E-state index is -0.773. The molecule has 2 rings (SSSR count). The van der Waals surface area contributed by atoms with Crippen molar-refractivity contribution >= 4 is 29.4 Å². The number of carbonyl (C=O) groups is 2. The Morgan fingerprint density at radius 3 is 2.07 bits per heavy atom. The van der Waals surface area contributed by atoms with Crippen molar-refractivity contribution in [3.8, 4) is 11.5 Å². The van der Waals surface area contributed by atoms with E-state index < -0.39 is 11.9 Å². The molecule has 0 aliphatic carbocycles. The molecule has 2 aromatic rings. The Bertz CT molecular complexity index is 878. The topological polar surface area (TPSA) is 83.1 Å². The van der Waals surface area contributed by atoms with Gasteiger partial charge in [-0.2, -0.15) is 0 Å². The van der Waals surface area contributed by atoms with Gasteiger partial charge >= 0.3 is 11.9 Å². The van der Waals surface area contributed by atoms with Crippen molar-refractivity contribution in [2.75, 3.05) is 32.8 Å². The molecule has 0 saturated carbocycles. The van der Waals surface area contributed by atoms with Gasteiger partial charge in [0, 0.05) is 17.2 Å². The van der Waals surface area contributed by atoms with Gasteiger partial charge in [-0.3, -0.25) is 0 Å². The maximum absolute atomic E-state index is 12.1. The molecule has 0 fully saturated rings. The fraction of sp³-hybridized carbons (Fsp3) is 0.273. The van der Waals surface area contributed by atoms with Crippen molar-refractivity contribution in [1.82, 2.24) is 0 Å². The Hall–Kier alpha value is -3.13. The van der Waals surface area contributed by atoms with E-state index in [1.54, 1.807) is 27.0 Å². The van der Waals surface area contributed by atoms with Gasteiger partial charge in [0.25, 0.3) is 0 Å². The lowest BCUT2D eigenvalue weighted by molar-refractivity contribution is -0.146. The summed E-state index contributed by atoms with van der Waals surface area (Å²) in [6.45, 7) is 3.59. The van der Waals surface area contributed by atoms with Crippen molar-refractivity contribution in [3.05, 3.63) is 54.2 Å². The van der Waals surface area contributed by atoms with Crippen LogP contribution in [0.3, 0.4) is 0 Å². The minimum Gasteiger partial charge on any atom is -0.495 e. The predicted octanol–water partition coefficient (Wildman–Crippen LogP) is 4.28. The summed E-state index contributed by atoms with van der Waals surface area (Å²) < 4.78 is 20.9. The van der Waals surface area contributed by atoms with Crippen molar-refractivity contribution in [2.45, 2.75) is 23.6 Å². The molecule has 160 valence electrons. The number of rotatable bonds is 10. The Kier molecular flexibility index (Phi) is 9.08. The lowest BCUT2D eigenvalue weighted by Gasteiger charge is -2.15. The Morgan fingerprint density at radius 1 is 0.933 bits per heavy atom. The molecule has 0 atom stereocenters. The minimum absolute atomic E-state index is 0.137. The number of hydrogen-bond acceptors (Lipinski definition) is 8. The second-order valence-electron chi connectivity index (χ2n) is 5.76. The molecule has 30 heavy (non-hydrogen) atoms. The molecule has 0 heterocycles. The first-order valence-corrected chi connectivity index (χ1v) is 10.2. The summed E-state index contributed by atoms with van der Waals surface area (Å²) in [6, 6.07) is 13.4. The molecular weight excluding hydrogens is 406 g/mol. The summed E-state index contributed by atoms with van der Waals surface area (Å²) in [6.07, 6.45) is 1.25. The molecule has 0 unspecified atom stereocenters. The molecule has 2 aromatic carbocycles. The van der Waals surface area contributed by atoms with Crippen LogP contribution in [0.2, 0.25) is 0 Å². The second-order valence-corrected chi connectivity index (χ2v) is 6.88. The summed E-state index contributed by atoms with van der Waals surface area (Å²) in [4.78, 5) is 26.1. The lowest BCUT2D eigenvalue weighted by atomic mass is 10.2. The smallest absolute Gasteiger partial charge is 0.347 e. The van der Waals surface area contributed by atoms with E-state index in [0.717, 1.165) is 9.79 Å². The first-order valence-electron chi connectivity index (χ1n) is 9.33. The number of benzene rings is 2. The molecule has 0 saturated heterocycles. The normalized spacial score (nSPS) is 10.0. The van der Waals surface area contributed by atoms with Crippen LogP contribution in [0.25, 0.3) is 0 Å². The largest absolute Gasteiger partial charge is 0.495 e. The van der Waals surface area contributed by atoms with E-state index in [9.17, 15) is 9.59 Å². The van der Waals surface area contributed by atoms with Crippen LogP contribution in [-0.4, -0.2) is 39.4 Å². The first kappa shape index (κ1) is 23.2. The average Bonchev–Trinajstić information content (AvgIpc) is 2.75. The third kappa shape index (κ3) is 6.18. The first-order chi connectivity index (χ1) is 14.5. The molecular formula is C22H25NO6S. The SMILES string of the molecule is CCOC(=O)C(=CNc1cc(OC)c(Sc2ccccc2)cc1OC)C(=O)OCC. The van der Waals surface area contributed by atoms with E-state index >= 15 is 0 Å². The fourth-order valence-electron chi connectivity index (χ4n) is 2.45. The maximum atomic E-state index is 12.1. The zero-order chi connectivity index (χ0) is 21.9. The van der Waals surface area contributed by atoms with Gasteiger partial charge in [-0.25, -0.2) is 9.59 Å². The van der Waals surface area contributed by atoms with Crippen molar-refractivity contribution < 1.29 is 28.5 Å². The number of esters is 2. The fourth-order valence-corrected chi connectivity index (χ4v) is 3.40. The molecule has 7 nitrogen and oxygen atoms in total. The molecule has 1 N–H and O–H groups in total. The van der Waals surface area contributed by atoms with Gasteiger partial charge in [-0.05, 0) is 32.0 Å². The van der Waals surface area contributed by atoms with Crippen LogP contribution >= 0.6 is 11.8 Å². The van der Waals surface area contributed by atoms with Gasteiger partial charge in [0.15, 0.2) is 5.57 Å². The number of ether oxygens (including phenoxy) is 4. The molecule has 0 aliphatic heterocycles. The van der Waals surface area contributed by atoms with Gasteiger partial charge in [-0.1, -0.05) is 30.0 Å². The molecule has 0 radical (unpaired) electrons. The average molecular weight is 432 g/mol. The number of hydrogen-bond donors (Lipinski definition) is 1. The quantitative estimate of drug-likeness (QED) is 0.258. The van der Waals surface area contributed by atoms with Crippen LogP contribution in [0.5, 0.6) is 11.5 Å². The van der Waals surface area contributed by atoms with E-state index in [-0.39, 0.29) is 18.8 Å². The van der Waals surface area contributed by atoms with Crippen molar-refractivity contribution in [2.24, 2.45) is 0 Å². The zero-order valence-electron chi connectivity index (χ0n) is 17.4. The molecule has 0 aliphatic rings. The van der Waals surface area contributed by atoms with E-state index in [4.69, 9.17) is 18.9 Å². The van der Waals surface area contributed by atoms with Crippen LogP contribution in [0.1, 0.15) is 13.8 Å². The number of nitrogens with one attached hydrogen (secondary N) is 1. The highest BCUT2D eigenvalue weighted by Gasteiger charge is 2.21. The summed E-state index contributed by atoms with van der Waals surface area (Å²) in [5.74, 6) is -0.428. The van der Waals surface area contributed by atoms with Gasteiger partial charge in [-0.15, -0.1) is 0 Å². The van der Waals surface area contributed by atoms with Gasteiger partial charge in [0.2, 0.25) is 0 Å². The third-order valence-corrected chi connectivity index (χ3v) is 4.87. The van der Waals surface area contributed by atoms with Crippen LogP contribution in [0.15, 0.2) is 64.0 Å². The summed E-state index contributed by atoms with van der Waals surface area (Å²) in [5.41, 5.74) is 0.264. The van der Waals surface area contributed by atoms with E-state index in [0.29, 0.717) is 17.2 Å². The highest BCUT2D eigenvalue weighted by Crippen LogP contribution is 2.41. The summed E-state index contributed by atoms with van der Waals surface area (Å²) in [5, 5.41) is 2.93. The van der Waals surface area contributed by atoms with E-state index in [1.807, 2.05) is 36.4 Å². The van der Waals surface area contributed by atoms with Gasteiger partial charge in [0.1, 0.15) is 11.5 Å². The molecule has 8 heteroatoms. The highest BCUT2D eigenvalue weighted by atomic mass is 32.2. The second kappa shape index (κ2) is 11.8. The van der Waals surface area contributed by atoms with Crippen LogP contribution in [0, 0.1) is 0 Å². The van der Waals surface area contributed by atoms with Crippen LogP contribution < -0.4 is 14.8 Å². The van der Waals surface area contributed by atoms with E-state index in [2.05, 4.69) is 5.32 Å². The predicted molar refractivity (Wildman–Crippen MR) is 115 cm³/mol. The van der Waals surface area contributed by atoms with Crippen molar-refractivity contribution in [3.63, 3.8) is 0 Å². The van der Waals surface area contributed by atoms with Gasteiger partial charge in [0.05, 0.1) is 38.0 Å². The van der Waals surface area contributed by atoms with E-state index in [1.165, 1.54) is 25.1 Å². The van der Waals surface area contributed by atoms with Crippen LogP contribution in [-0.2, 0) is 19.1 Å². The summed E-state index contributed by atoms with van der Waals surface area (Å²) in [7, 11) is 3.10. The monoisotopic (exact) mass is 431 g/mol. The van der Waals surface area contributed by atoms with Crippen LogP contribution in [0.4, 0.5) is 5.69 Å². The Morgan fingerprint density at radius 2 is 1.53 bits per heavy atom. The Labute approximate surface area is 180 Å². The molecule has 0 spiro atoms. The maximum Gasteiger partial charge on any atom is 0.347 e. The van der Waals surface area contributed by atoms with Gasteiger partial charge < -0.3 is 24.3 Å². The molecule has 0 bridgehead atoms. The summed E-state index contributed by atoms with van der Waals surface area (Å²) >= 11 is 1.53. The van der Waals surface area contributed by atoms with Crippen molar-refractivity contribution in [1.29, 1.82) is 0 Å². The number of methoxy groups -OCH3 is 2. The third-order valence-electron chi connectivity index (χ3n) is 3.82. The number of anilines is 1. The highest BCUT2D eigenvalue weighted by molar-refractivity contribution is 7.99. The molecule has 0 aromatic heterocycles. The Balaban J connectivity index is 2.36. The lowest BCUT2D eigenvalue weighted by Crippen LogP contribution is -2.19. The zero-order valence-corrected chi connectivity index (χ0v) is 18.2. The standard InChI is InChI=1S/C22H25NO6S/c1-5-28-21(24)16(22(25)29-6-2)14-23-17-12-19(27-4)20(13-18(17)26-3)30-15-10-8-7-9-11-15/h7-14,23H,5-6H2,1-4H3. The number of carbonyl (C=O) groups excluding carboxylic acids is 2.